The van der Waals surface area contributed by atoms with E-state index >= 15 is 0 Å². The highest BCUT2D eigenvalue weighted by Crippen LogP contribution is 2.18. The van der Waals surface area contributed by atoms with Crippen LogP contribution in [0.4, 0.5) is 4.39 Å². The molecule has 28 heavy (non-hydrogen) atoms. The van der Waals surface area contributed by atoms with Crippen molar-refractivity contribution in [1.82, 2.24) is 15.1 Å². The second-order valence-electron chi connectivity index (χ2n) is 7.13. The zero-order chi connectivity index (χ0) is 19.9. The predicted octanol–water partition coefficient (Wildman–Crippen LogP) is 2.39. The molecule has 2 aromatic rings. The summed E-state index contributed by atoms with van der Waals surface area (Å²) in [7, 11) is 2.03. The quantitative estimate of drug-likeness (QED) is 0.833. The standard InChI is InChI=1S/C22H26FN3O2/c1-25-13-15-26(16-14-25)22(28)21(18-8-3-2-4-9-18)24-20(27)12-11-17-7-5-6-10-19(17)23/h2-10,21H,11-16H2,1H3,(H,24,27). The van der Waals surface area contributed by atoms with Crippen LogP contribution in [0.1, 0.15) is 23.6 Å². The van der Waals surface area contributed by atoms with E-state index < -0.39 is 6.04 Å². The summed E-state index contributed by atoms with van der Waals surface area (Å²) in [5.41, 5.74) is 1.25. The van der Waals surface area contributed by atoms with Crippen LogP contribution < -0.4 is 5.32 Å². The molecule has 1 atom stereocenters. The van der Waals surface area contributed by atoms with E-state index in [0.717, 1.165) is 18.7 Å². The summed E-state index contributed by atoms with van der Waals surface area (Å²) in [5.74, 6) is -0.679. The van der Waals surface area contributed by atoms with Crippen LogP contribution in [-0.4, -0.2) is 54.8 Å². The number of halogens is 1. The van der Waals surface area contributed by atoms with Crippen LogP contribution >= 0.6 is 0 Å². The third kappa shape index (κ3) is 5.16. The third-order valence-corrected chi connectivity index (χ3v) is 5.08. The molecule has 1 saturated heterocycles. The SMILES string of the molecule is CN1CCN(C(=O)C(NC(=O)CCc2ccccc2F)c2ccccc2)CC1. The lowest BCUT2D eigenvalue weighted by atomic mass is 10.0. The van der Waals surface area contributed by atoms with Crippen LogP contribution in [0.25, 0.3) is 0 Å². The Kier molecular flexibility index (Phi) is 6.76. The molecular formula is C22H26FN3O2. The van der Waals surface area contributed by atoms with Gasteiger partial charge in [0.15, 0.2) is 0 Å². The van der Waals surface area contributed by atoms with E-state index in [0.29, 0.717) is 25.1 Å². The molecule has 1 fully saturated rings. The molecule has 0 radical (unpaired) electrons. The number of carbonyl (C=O) groups excluding carboxylic acids is 2. The van der Waals surface area contributed by atoms with E-state index in [1.54, 1.807) is 23.1 Å². The summed E-state index contributed by atoms with van der Waals surface area (Å²) in [6.07, 6.45) is 0.420. The Morgan fingerprint density at radius 2 is 1.64 bits per heavy atom. The highest BCUT2D eigenvalue weighted by molar-refractivity contribution is 5.88. The Morgan fingerprint density at radius 3 is 2.32 bits per heavy atom. The molecule has 1 unspecified atom stereocenters. The maximum Gasteiger partial charge on any atom is 0.249 e. The Hall–Kier alpha value is -2.73. The van der Waals surface area contributed by atoms with Gasteiger partial charge in [0.1, 0.15) is 11.9 Å². The summed E-state index contributed by atoms with van der Waals surface area (Å²) in [4.78, 5) is 29.6. The van der Waals surface area contributed by atoms with E-state index in [4.69, 9.17) is 0 Å². The zero-order valence-electron chi connectivity index (χ0n) is 16.1. The van der Waals surface area contributed by atoms with Crippen LogP contribution in [0, 0.1) is 5.82 Å². The second kappa shape index (κ2) is 9.46. The maximum atomic E-state index is 13.8. The summed E-state index contributed by atoms with van der Waals surface area (Å²) in [5, 5.41) is 2.87. The van der Waals surface area contributed by atoms with Gasteiger partial charge in [-0.15, -0.1) is 0 Å². The monoisotopic (exact) mass is 383 g/mol. The first kappa shape index (κ1) is 20.0. The minimum atomic E-state index is -0.724. The van der Waals surface area contributed by atoms with E-state index in [1.807, 2.05) is 37.4 Å². The number of rotatable bonds is 6. The van der Waals surface area contributed by atoms with Gasteiger partial charge in [-0.2, -0.15) is 0 Å². The van der Waals surface area contributed by atoms with Gasteiger partial charge in [-0.25, -0.2) is 4.39 Å². The topological polar surface area (TPSA) is 52.6 Å². The van der Waals surface area contributed by atoms with Crippen molar-refractivity contribution < 1.29 is 14.0 Å². The Labute approximate surface area is 165 Å². The summed E-state index contributed by atoms with van der Waals surface area (Å²) >= 11 is 0. The number of benzene rings is 2. The van der Waals surface area contributed by atoms with Crippen molar-refractivity contribution >= 4 is 11.8 Å². The fourth-order valence-electron chi connectivity index (χ4n) is 3.33. The van der Waals surface area contributed by atoms with Crippen LogP contribution in [0.15, 0.2) is 54.6 Å². The zero-order valence-corrected chi connectivity index (χ0v) is 16.1. The van der Waals surface area contributed by atoms with Crippen molar-refractivity contribution in [2.24, 2.45) is 0 Å². The molecule has 0 aliphatic carbocycles. The first-order valence-corrected chi connectivity index (χ1v) is 9.59. The number of aryl methyl sites for hydroxylation is 1. The van der Waals surface area contributed by atoms with E-state index in [-0.39, 0.29) is 24.1 Å². The molecule has 3 rings (SSSR count). The number of likely N-dealkylation sites (N-methyl/N-ethyl adjacent to an activating group) is 1. The van der Waals surface area contributed by atoms with E-state index in [2.05, 4.69) is 10.2 Å². The first-order chi connectivity index (χ1) is 13.5. The van der Waals surface area contributed by atoms with E-state index in [9.17, 15) is 14.0 Å². The first-order valence-electron chi connectivity index (χ1n) is 9.59. The number of carbonyl (C=O) groups is 2. The number of amides is 2. The highest BCUT2D eigenvalue weighted by atomic mass is 19.1. The molecule has 0 saturated carbocycles. The van der Waals surface area contributed by atoms with Gasteiger partial charge in [0, 0.05) is 32.6 Å². The second-order valence-corrected chi connectivity index (χ2v) is 7.13. The van der Waals surface area contributed by atoms with Gasteiger partial charge in [0.2, 0.25) is 11.8 Å². The molecular weight excluding hydrogens is 357 g/mol. The number of nitrogens with zero attached hydrogens (tertiary/aromatic N) is 2. The fourth-order valence-corrected chi connectivity index (χ4v) is 3.33. The molecule has 5 nitrogen and oxygen atoms in total. The van der Waals surface area contributed by atoms with Crippen molar-refractivity contribution in [2.75, 3.05) is 33.2 Å². The molecule has 1 aliphatic heterocycles. The summed E-state index contributed by atoms with van der Waals surface area (Å²) in [6, 6.07) is 15.0. The summed E-state index contributed by atoms with van der Waals surface area (Å²) < 4.78 is 13.8. The Morgan fingerprint density at radius 1 is 1.00 bits per heavy atom. The number of hydrogen-bond donors (Lipinski definition) is 1. The van der Waals surface area contributed by atoms with Crippen molar-refractivity contribution in [1.29, 1.82) is 0 Å². The lowest BCUT2D eigenvalue weighted by Gasteiger charge is -2.35. The molecule has 148 valence electrons. The minimum absolute atomic E-state index is 0.0986. The molecule has 1 N–H and O–H groups in total. The molecule has 2 aromatic carbocycles. The van der Waals surface area contributed by atoms with Crippen molar-refractivity contribution in [2.45, 2.75) is 18.9 Å². The van der Waals surface area contributed by atoms with Gasteiger partial charge in [-0.1, -0.05) is 48.5 Å². The van der Waals surface area contributed by atoms with Gasteiger partial charge in [-0.05, 0) is 30.7 Å². The molecule has 1 heterocycles. The Bertz CT molecular complexity index is 804. The van der Waals surface area contributed by atoms with Gasteiger partial charge >= 0.3 is 0 Å². The predicted molar refractivity (Wildman–Crippen MR) is 106 cm³/mol. The van der Waals surface area contributed by atoms with Gasteiger partial charge in [0.05, 0.1) is 0 Å². The molecule has 0 aromatic heterocycles. The average molecular weight is 383 g/mol. The Balaban J connectivity index is 1.68. The smallest absolute Gasteiger partial charge is 0.249 e. The third-order valence-electron chi connectivity index (χ3n) is 5.08. The largest absolute Gasteiger partial charge is 0.341 e. The van der Waals surface area contributed by atoms with Crippen LogP contribution in [0.2, 0.25) is 0 Å². The van der Waals surface area contributed by atoms with Crippen LogP contribution in [0.3, 0.4) is 0 Å². The van der Waals surface area contributed by atoms with Crippen molar-refractivity contribution in [3.8, 4) is 0 Å². The van der Waals surface area contributed by atoms with Crippen LogP contribution in [0.5, 0.6) is 0 Å². The van der Waals surface area contributed by atoms with Gasteiger partial charge in [-0.3, -0.25) is 9.59 Å². The molecule has 0 bridgehead atoms. The number of nitrogens with one attached hydrogen (secondary N) is 1. The average Bonchev–Trinajstić information content (AvgIpc) is 2.72. The lowest BCUT2D eigenvalue weighted by Crippen LogP contribution is -2.51. The number of hydrogen-bond acceptors (Lipinski definition) is 3. The fraction of sp³-hybridized carbons (Fsp3) is 0.364. The molecule has 0 spiro atoms. The molecule has 6 heteroatoms. The van der Waals surface area contributed by atoms with E-state index in [1.165, 1.54) is 6.07 Å². The van der Waals surface area contributed by atoms with Crippen LogP contribution in [-0.2, 0) is 16.0 Å². The minimum Gasteiger partial charge on any atom is -0.341 e. The van der Waals surface area contributed by atoms with Gasteiger partial charge < -0.3 is 15.1 Å². The molecule has 1 aliphatic rings. The van der Waals surface area contributed by atoms with Crippen molar-refractivity contribution in [3.05, 3.63) is 71.5 Å². The van der Waals surface area contributed by atoms with Gasteiger partial charge in [0.25, 0.3) is 0 Å². The maximum absolute atomic E-state index is 13.8. The number of piperazine rings is 1. The summed E-state index contributed by atoms with van der Waals surface area (Å²) in [6.45, 7) is 2.91. The lowest BCUT2D eigenvalue weighted by molar-refractivity contribution is -0.138. The molecule has 2 amide bonds. The van der Waals surface area contributed by atoms with Crippen molar-refractivity contribution in [3.63, 3.8) is 0 Å². The normalized spacial score (nSPS) is 15.9. The highest BCUT2D eigenvalue weighted by Gasteiger charge is 2.29.